The van der Waals surface area contributed by atoms with Gasteiger partial charge in [-0.3, -0.25) is 9.69 Å². The number of rotatable bonds is 9. The van der Waals surface area contributed by atoms with Crippen LogP contribution in [-0.4, -0.2) is 42.8 Å². The number of ether oxygens (including phenoxy) is 1. The Morgan fingerprint density at radius 3 is 2.52 bits per heavy atom. The highest BCUT2D eigenvalue weighted by molar-refractivity contribution is 6.17. The van der Waals surface area contributed by atoms with E-state index in [-0.39, 0.29) is 5.78 Å². The van der Waals surface area contributed by atoms with Crippen molar-refractivity contribution in [2.24, 2.45) is 0 Å². The average molecular weight is 310 g/mol. The van der Waals surface area contributed by atoms with Crippen LogP contribution >= 0.6 is 11.6 Å². The Kier molecular flexibility index (Phi) is 7.04. The van der Waals surface area contributed by atoms with Crippen molar-refractivity contribution in [3.8, 4) is 5.75 Å². The van der Waals surface area contributed by atoms with Gasteiger partial charge < -0.3 is 4.74 Å². The van der Waals surface area contributed by atoms with Crippen molar-refractivity contribution in [2.75, 3.05) is 32.1 Å². The SMILES string of the molecule is O=C(CCCCCl)c1ccc(OCCN2CCCC2)cc1. The summed E-state index contributed by atoms with van der Waals surface area (Å²) in [6.07, 6.45) is 4.93. The number of unbranched alkanes of at least 4 members (excludes halogenated alkanes) is 1. The van der Waals surface area contributed by atoms with Gasteiger partial charge in [-0.25, -0.2) is 0 Å². The highest BCUT2D eigenvalue weighted by Crippen LogP contribution is 2.15. The Hall–Kier alpha value is -1.06. The maximum atomic E-state index is 11.9. The van der Waals surface area contributed by atoms with Crippen molar-refractivity contribution < 1.29 is 9.53 Å². The predicted molar refractivity (Wildman–Crippen MR) is 86.5 cm³/mol. The molecule has 1 fully saturated rings. The molecule has 0 bridgehead atoms. The van der Waals surface area contributed by atoms with Gasteiger partial charge in [0.05, 0.1) is 0 Å². The summed E-state index contributed by atoms with van der Waals surface area (Å²) in [5.74, 6) is 1.65. The fourth-order valence-electron chi connectivity index (χ4n) is 2.56. The second-order valence-electron chi connectivity index (χ2n) is 5.49. The maximum Gasteiger partial charge on any atom is 0.162 e. The Labute approximate surface area is 132 Å². The molecular weight excluding hydrogens is 286 g/mol. The van der Waals surface area contributed by atoms with Crippen LogP contribution in [0.2, 0.25) is 0 Å². The third-order valence-corrected chi connectivity index (χ3v) is 4.11. The highest BCUT2D eigenvalue weighted by atomic mass is 35.5. The quantitative estimate of drug-likeness (QED) is 0.395. The summed E-state index contributed by atoms with van der Waals surface area (Å²) < 4.78 is 5.73. The predicted octanol–water partition coefficient (Wildman–Crippen LogP) is 3.75. The van der Waals surface area contributed by atoms with Crippen molar-refractivity contribution >= 4 is 17.4 Å². The van der Waals surface area contributed by atoms with Gasteiger partial charge in [0.1, 0.15) is 12.4 Å². The molecule has 0 atom stereocenters. The number of alkyl halides is 1. The molecule has 0 radical (unpaired) electrons. The number of carbonyl (C=O) groups is 1. The topological polar surface area (TPSA) is 29.5 Å². The molecule has 1 aliphatic heterocycles. The van der Waals surface area contributed by atoms with Gasteiger partial charge >= 0.3 is 0 Å². The normalized spacial score (nSPS) is 15.3. The standard InChI is InChI=1S/C17H24ClNO2/c18-10-2-1-5-17(20)15-6-8-16(9-7-15)21-14-13-19-11-3-4-12-19/h6-9H,1-5,10-14H2. The third-order valence-electron chi connectivity index (χ3n) is 3.84. The summed E-state index contributed by atoms with van der Waals surface area (Å²) in [5.41, 5.74) is 0.761. The number of halogens is 1. The third kappa shape index (κ3) is 5.68. The van der Waals surface area contributed by atoms with Crippen LogP contribution in [0.5, 0.6) is 5.75 Å². The van der Waals surface area contributed by atoms with E-state index in [0.29, 0.717) is 18.9 Å². The van der Waals surface area contributed by atoms with Gasteiger partial charge in [0.2, 0.25) is 0 Å². The van der Waals surface area contributed by atoms with Gasteiger partial charge in [0.25, 0.3) is 0 Å². The van der Waals surface area contributed by atoms with Gasteiger partial charge in [-0.1, -0.05) is 0 Å². The molecule has 0 N–H and O–H groups in total. The molecule has 1 aromatic carbocycles. The smallest absolute Gasteiger partial charge is 0.162 e. The van der Waals surface area contributed by atoms with Gasteiger partial charge in [0.15, 0.2) is 5.78 Å². The second kappa shape index (κ2) is 9.06. The molecule has 1 aromatic rings. The summed E-state index contributed by atoms with van der Waals surface area (Å²) in [6, 6.07) is 7.49. The number of ketones is 1. The first-order valence-corrected chi connectivity index (χ1v) is 8.37. The molecular formula is C17H24ClNO2. The van der Waals surface area contributed by atoms with Crippen LogP contribution in [-0.2, 0) is 0 Å². The first kappa shape index (κ1) is 16.3. The van der Waals surface area contributed by atoms with E-state index in [4.69, 9.17) is 16.3 Å². The molecule has 1 aliphatic rings. The zero-order valence-electron chi connectivity index (χ0n) is 12.5. The van der Waals surface area contributed by atoms with E-state index < -0.39 is 0 Å². The number of nitrogens with zero attached hydrogens (tertiary/aromatic N) is 1. The fraction of sp³-hybridized carbons (Fsp3) is 0.588. The van der Waals surface area contributed by atoms with Crippen LogP contribution in [0.3, 0.4) is 0 Å². The van der Waals surface area contributed by atoms with Gasteiger partial charge in [-0.05, 0) is 63.0 Å². The monoisotopic (exact) mass is 309 g/mol. The van der Waals surface area contributed by atoms with Crippen LogP contribution in [0, 0.1) is 0 Å². The molecule has 21 heavy (non-hydrogen) atoms. The lowest BCUT2D eigenvalue weighted by atomic mass is 10.1. The summed E-state index contributed by atoms with van der Waals surface area (Å²) in [5, 5.41) is 0. The lowest BCUT2D eigenvalue weighted by Gasteiger charge is -2.14. The lowest BCUT2D eigenvalue weighted by Crippen LogP contribution is -2.25. The average Bonchev–Trinajstić information content (AvgIpc) is 3.01. The van der Waals surface area contributed by atoms with Gasteiger partial charge in [-0.2, -0.15) is 0 Å². The van der Waals surface area contributed by atoms with Crippen LogP contribution in [0.4, 0.5) is 0 Å². The number of carbonyl (C=O) groups excluding carboxylic acids is 1. The molecule has 0 spiro atoms. The minimum atomic E-state index is 0.184. The largest absolute Gasteiger partial charge is 0.492 e. The van der Waals surface area contributed by atoms with E-state index in [1.54, 1.807) is 0 Å². The molecule has 2 rings (SSSR count). The summed E-state index contributed by atoms with van der Waals surface area (Å²) in [6.45, 7) is 4.08. The molecule has 1 saturated heterocycles. The molecule has 1 heterocycles. The van der Waals surface area contributed by atoms with Crippen molar-refractivity contribution in [1.82, 2.24) is 4.90 Å². The zero-order chi connectivity index (χ0) is 14.9. The van der Waals surface area contributed by atoms with Crippen molar-refractivity contribution in [2.45, 2.75) is 32.1 Å². The van der Waals surface area contributed by atoms with Crippen molar-refractivity contribution in [3.05, 3.63) is 29.8 Å². The summed E-state index contributed by atoms with van der Waals surface area (Å²) in [7, 11) is 0. The van der Waals surface area contributed by atoms with E-state index in [0.717, 1.165) is 30.7 Å². The van der Waals surface area contributed by atoms with Crippen molar-refractivity contribution in [1.29, 1.82) is 0 Å². The Balaban J connectivity index is 1.71. The first-order valence-electron chi connectivity index (χ1n) is 7.84. The van der Waals surface area contributed by atoms with Gasteiger partial charge in [-0.15, -0.1) is 11.6 Å². The minimum Gasteiger partial charge on any atom is -0.492 e. The molecule has 0 unspecified atom stereocenters. The molecule has 0 amide bonds. The number of hydrogen-bond acceptors (Lipinski definition) is 3. The van der Waals surface area contributed by atoms with Crippen LogP contribution in [0.15, 0.2) is 24.3 Å². The first-order chi connectivity index (χ1) is 10.3. The lowest BCUT2D eigenvalue weighted by molar-refractivity contribution is 0.0980. The molecule has 3 nitrogen and oxygen atoms in total. The van der Waals surface area contributed by atoms with Crippen molar-refractivity contribution in [3.63, 3.8) is 0 Å². The van der Waals surface area contributed by atoms with E-state index in [1.165, 1.54) is 25.9 Å². The number of benzene rings is 1. The second-order valence-corrected chi connectivity index (χ2v) is 5.87. The Morgan fingerprint density at radius 1 is 1.14 bits per heavy atom. The fourth-order valence-corrected chi connectivity index (χ4v) is 2.75. The molecule has 116 valence electrons. The number of likely N-dealkylation sites (tertiary alicyclic amines) is 1. The molecule has 0 aromatic heterocycles. The van der Waals surface area contributed by atoms with Gasteiger partial charge in [0, 0.05) is 24.4 Å². The molecule has 0 aliphatic carbocycles. The number of hydrogen-bond donors (Lipinski definition) is 0. The van der Waals surface area contributed by atoms with E-state index in [2.05, 4.69) is 4.90 Å². The zero-order valence-corrected chi connectivity index (χ0v) is 13.3. The summed E-state index contributed by atoms with van der Waals surface area (Å²) in [4.78, 5) is 14.4. The van der Waals surface area contributed by atoms with E-state index >= 15 is 0 Å². The maximum absolute atomic E-state index is 11.9. The van der Waals surface area contributed by atoms with Crippen LogP contribution < -0.4 is 4.74 Å². The van der Waals surface area contributed by atoms with Crippen LogP contribution in [0.1, 0.15) is 42.5 Å². The minimum absolute atomic E-state index is 0.184. The molecule has 4 heteroatoms. The number of Topliss-reactive ketones (excluding diaryl/α,β-unsaturated/α-hetero) is 1. The van der Waals surface area contributed by atoms with Crippen LogP contribution in [0.25, 0.3) is 0 Å². The highest BCUT2D eigenvalue weighted by Gasteiger charge is 2.11. The summed E-state index contributed by atoms with van der Waals surface area (Å²) >= 11 is 5.62. The Bertz CT molecular complexity index is 427. The van der Waals surface area contributed by atoms with E-state index in [1.807, 2.05) is 24.3 Å². The Morgan fingerprint density at radius 2 is 1.86 bits per heavy atom. The van der Waals surface area contributed by atoms with E-state index in [9.17, 15) is 4.79 Å². The molecule has 0 saturated carbocycles.